The van der Waals surface area contributed by atoms with E-state index in [9.17, 15) is 9.90 Å². The lowest BCUT2D eigenvalue weighted by molar-refractivity contribution is -0.143. The Bertz CT molecular complexity index is 403. The summed E-state index contributed by atoms with van der Waals surface area (Å²) in [6.45, 7) is 5.79. The Balaban J connectivity index is 3.13. The molecule has 94 valence electrons. The summed E-state index contributed by atoms with van der Waals surface area (Å²) in [4.78, 5) is 13.4. The van der Waals surface area contributed by atoms with Crippen LogP contribution in [0.5, 0.6) is 0 Å². The molecule has 1 N–H and O–H groups in total. The van der Waals surface area contributed by atoms with Crippen molar-refractivity contribution >= 4 is 11.7 Å². The number of carboxylic acids is 1. The van der Waals surface area contributed by atoms with Gasteiger partial charge < -0.3 is 10.0 Å². The van der Waals surface area contributed by atoms with Crippen LogP contribution in [-0.4, -0.2) is 23.7 Å². The third-order valence-electron chi connectivity index (χ3n) is 3.41. The first-order valence-electron chi connectivity index (χ1n) is 5.96. The molecule has 0 heterocycles. The van der Waals surface area contributed by atoms with Gasteiger partial charge in [0.25, 0.3) is 0 Å². The molecule has 0 aliphatic carbocycles. The van der Waals surface area contributed by atoms with Gasteiger partial charge in [-0.15, -0.1) is 0 Å². The third kappa shape index (κ3) is 2.60. The number of nitrogens with zero attached hydrogens (tertiary/aromatic N) is 1. The van der Waals surface area contributed by atoms with Crippen LogP contribution in [0.2, 0.25) is 0 Å². The molecule has 3 heteroatoms. The van der Waals surface area contributed by atoms with Gasteiger partial charge in [0.15, 0.2) is 0 Å². The first-order valence-corrected chi connectivity index (χ1v) is 5.96. The maximum absolute atomic E-state index is 11.5. The molecule has 17 heavy (non-hydrogen) atoms. The molecule has 1 atom stereocenters. The van der Waals surface area contributed by atoms with Gasteiger partial charge in [0, 0.05) is 12.7 Å². The number of aryl methyl sites for hydroxylation is 1. The van der Waals surface area contributed by atoms with Gasteiger partial charge in [0.05, 0.1) is 0 Å². The van der Waals surface area contributed by atoms with Crippen LogP contribution < -0.4 is 4.90 Å². The zero-order valence-electron chi connectivity index (χ0n) is 11.0. The topological polar surface area (TPSA) is 40.5 Å². The molecule has 0 radical (unpaired) electrons. The van der Waals surface area contributed by atoms with Crippen LogP contribution in [0, 0.1) is 6.92 Å². The molecule has 0 fully saturated rings. The van der Waals surface area contributed by atoms with Crippen LogP contribution >= 0.6 is 0 Å². The number of para-hydroxylation sites is 1. The van der Waals surface area contributed by atoms with E-state index in [1.165, 1.54) is 0 Å². The molecule has 0 aliphatic rings. The molecule has 1 rings (SSSR count). The highest BCUT2D eigenvalue weighted by Gasteiger charge is 2.37. The summed E-state index contributed by atoms with van der Waals surface area (Å²) in [5, 5.41) is 9.44. The van der Waals surface area contributed by atoms with Crippen molar-refractivity contribution < 1.29 is 9.90 Å². The van der Waals surface area contributed by atoms with Crippen LogP contribution in [-0.2, 0) is 4.79 Å². The fourth-order valence-electron chi connectivity index (χ4n) is 2.11. The maximum Gasteiger partial charge on any atom is 0.329 e. The van der Waals surface area contributed by atoms with Gasteiger partial charge in [0.2, 0.25) is 0 Å². The summed E-state index contributed by atoms with van der Waals surface area (Å²) >= 11 is 0. The monoisotopic (exact) mass is 235 g/mol. The summed E-state index contributed by atoms with van der Waals surface area (Å²) in [5.74, 6) is -0.773. The van der Waals surface area contributed by atoms with Gasteiger partial charge in [-0.1, -0.05) is 31.5 Å². The van der Waals surface area contributed by atoms with Gasteiger partial charge in [0.1, 0.15) is 5.54 Å². The molecule has 0 spiro atoms. The van der Waals surface area contributed by atoms with E-state index in [0.29, 0.717) is 6.42 Å². The van der Waals surface area contributed by atoms with E-state index in [1.54, 1.807) is 6.92 Å². The Labute approximate surface area is 103 Å². The van der Waals surface area contributed by atoms with Crippen molar-refractivity contribution in [1.29, 1.82) is 0 Å². The summed E-state index contributed by atoms with van der Waals surface area (Å²) in [7, 11) is 1.85. The van der Waals surface area contributed by atoms with Crippen molar-refractivity contribution in [2.45, 2.75) is 39.2 Å². The standard InChI is InChI=1S/C14H21NO2/c1-5-10-14(3,13(16)17)15(4)12-9-7-6-8-11(12)2/h6-9H,5,10H2,1-4H3,(H,16,17). The molecule has 0 saturated carbocycles. The highest BCUT2D eigenvalue weighted by atomic mass is 16.4. The van der Waals surface area contributed by atoms with Crippen molar-refractivity contribution in [3.05, 3.63) is 29.8 Å². The van der Waals surface area contributed by atoms with Gasteiger partial charge in [-0.25, -0.2) is 4.79 Å². The largest absolute Gasteiger partial charge is 0.480 e. The number of hydrogen-bond acceptors (Lipinski definition) is 2. The van der Waals surface area contributed by atoms with Gasteiger partial charge in [-0.2, -0.15) is 0 Å². The molecular weight excluding hydrogens is 214 g/mol. The van der Waals surface area contributed by atoms with E-state index in [-0.39, 0.29) is 0 Å². The van der Waals surface area contributed by atoms with Gasteiger partial charge in [-0.05, 0) is 31.9 Å². The van der Waals surface area contributed by atoms with Crippen LogP contribution in [0.15, 0.2) is 24.3 Å². The second-order valence-corrected chi connectivity index (χ2v) is 4.67. The van der Waals surface area contributed by atoms with Crippen molar-refractivity contribution in [1.82, 2.24) is 0 Å². The quantitative estimate of drug-likeness (QED) is 0.852. The van der Waals surface area contributed by atoms with Crippen LogP contribution in [0.3, 0.4) is 0 Å². The number of likely N-dealkylation sites (N-methyl/N-ethyl adjacent to an activating group) is 1. The number of rotatable bonds is 5. The molecule has 3 nitrogen and oxygen atoms in total. The minimum absolute atomic E-state index is 0.632. The molecule has 0 amide bonds. The Morgan fingerprint density at radius 1 is 1.41 bits per heavy atom. The molecule has 0 aliphatic heterocycles. The van der Waals surface area contributed by atoms with E-state index in [1.807, 2.05) is 50.1 Å². The highest BCUT2D eigenvalue weighted by molar-refractivity contribution is 5.83. The molecule has 1 aromatic carbocycles. The average Bonchev–Trinajstić information content (AvgIpc) is 2.28. The van der Waals surface area contributed by atoms with E-state index >= 15 is 0 Å². The third-order valence-corrected chi connectivity index (χ3v) is 3.41. The minimum atomic E-state index is -0.846. The predicted molar refractivity (Wildman–Crippen MR) is 70.5 cm³/mol. The van der Waals surface area contributed by atoms with Crippen molar-refractivity contribution in [3.8, 4) is 0 Å². The second kappa shape index (κ2) is 5.21. The number of anilines is 1. The normalized spacial score (nSPS) is 14.1. The SMILES string of the molecule is CCCC(C)(C(=O)O)N(C)c1ccccc1C. The smallest absolute Gasteiger partial charge is 0.329 e. The van der Waals surface area contributed by atoms with Crippen LogP contribution in [0.4, 0.5) is 5.69 Å². The summed E-state index contributed by atoms with van der Waals surface area (Å²) in [5.41, 5.74) is 1.23. The van der Waals surface area contributed by atoms with E-state index < -0.39 is 11.5 Å². The summed E-state index contributed by atoms with van der Waals surface area (Å²) < 4.78 is 0. The Kier molecular flexibility index (Phi) is 4.16. The lowest BCUT2D eigenvalue weighted by Gasteiger charge is -2.37. The van der Waals surface area contributed by atoms with Gasteiger partial charge >= 0.3 is 5.97 Å². The molecule has 0 saturated heterocycles. The zero-order valence-corrected chi connectivity index (χ0v) is 11.0. The van der Waals surface area contributed by atoms with E-state index in [0.717, 1.165) is 17.7 Å². The summed E-state index contributed by atoms with van der Waals surface area (Å²) in [6, 6.07) is 7.86. The van der Waals surface area contributed by atoms with Crippen molar-refractivity contribution in [2.24, 2.45) is 0 Å². The molecule has 0 bridgehead atoms. The number of carbonyl (C=O) groups is 1. The fourth-order valence-corrected chi connectivity index (χ4v) is 2.11. The first-order chi connectivity index (χ1) is 7.93. The van der Waals surface area contributed by atoms with Crippen LogP contribution in [0.1, 0.15) is 32.3 Å². The summed E-state index contributed by atoms with van der Waals surface area (Å²) in [6.07, 6.45) is 1.48. The molecule has 1 aromatic rings. The lowest BCUT2D eigenvalue weighted by Crippen LogP contribution is -2.51. The zero-order chi connectivity index (χ0) is 13.1. The maximum atomic E-state index is 11.5. The molecule has 0 aromatic heterocycles. The predicted octanol–water partition coefficient (Wildman–Crippen LogP) is 3.07. The Morgan fingerprint density at radius 3 is 2.47 bits per heavy atom. The molecule has 1 unspecified atom stereocenters. The Morgan fingerprint density at radius 2 is 2.00 bits per heavy atom. The van der Waals surface area contributed by atoms with Crippen molar-refractivity contribution in [2.75, 3.05) is 11.9 Å². The fraction of sp³-hybridized carbons (Fsp3) is 0.500. The number of benzene rings is 1. The minimum Gasteiger partial charge on any atom is -0.480 e. The number of hydrogen-bond donors (Lipinski definition) is 1. The molecular formula is C14H21NO2. The van der Waals surface area contributed by atoms with Crippen LogP contribution in [0.25, 0.3) is 0 Å². The number of aliphatic carboxylic acids is 1. The number of carboxylic acid groups (broad SMARTS) is 1. The van der Waals surface area contributed by atoms with E-state index in [2.05, 4.69) is 0 Å². The lowest BCUT2D eigenvalue weighted by atomic mass is 9.93. The first kappa shape index (κ1) is 13.6. The Hall–Kier alpha value is -1.51. The van der Waals surface area contributed by atoms with Gasteiger partial charge in [-0.3, -0.25) is 0 Å². The highest BCUT2D eigenvalue weighted by Crippen LogP contribution is 2.29. The van der Waals surface area contributed by atoms with Crippen molar-refractivity contribution in [3.63, 3.8) is 0 Å². The van der Waals surface area contributed by atoms with E-state index in [4.69, 9.17) is 0 Å². The average molecular weight is 235 g/mol. The second-order valence-electron chi connectivity index (χ2n) is 4.67.